The van der Waals surface area contributed by atoms with Crippen molar-refractivity contribution in [3.63, 3.8) is 0 Å². The maximum Gasteiger partial charge on any atom is 0.0731 e. The molecule has 0 saturated heterocycles. The van der Waals surface area contributed by atoms with Crippen LogP contribution < -0.4 is 5.32 Å². The second-order valence-corrected chi connectivity index (χ2v) is 5.58. The van der Waals surface area contributed by atoms with Crippen LogP contribution in [0.3, 0.4) is 0 Å². The zero-order chi connectivity index (χ0) is 12.0. The average Bonchev–Trinajstić information content (AvgIpc) is 2.57. The molecule has 3 heteroatoms. The first-order valence-electron chi connectivity index (χ1n) is 6.01. The molecule has 0 saturated carbocycles. The summed E-state index contributed by atoms with van der Waals surface area (Å²) in [5.74, 6) is 0. The fourth-order valence-corrected chi connectivity index (χ4v) is 2.77. The highest BCUT2D eigenvalue weighted by Crippen LogP contribution is 2.22. The fourth-order valence-electron chi connectivity index (χ4n) is 1.71. The molecule has 1 unspecified atom stereocenters. The molecule has 92 valence electrons. The quantitative estimate of drug-likeness (QED) is 0.789. The molecule has 0 bridgehead atoms. The molecule has 1 aromatic rings. The average molecular weight is 241 g/mol. The zero-order valence-electron chi connectivity index (χ0n) is 10.8. The molecular weight excluding hydrogens is 218 g/mol. The van der Waals surface area contributed by atoms with Crippen LogP contribution in [0.4, 0.5) is 0 Å². The molecule has 16 heavy (non-hydrogen) atoms. The molecule has 0 amide bonds. The van der Waals surface area contributed by atoms with Gasteiger partial charge in [0.25, 0.3) is 0 Å². The van der Waals surface area contributed by atoms with E-state index in [0.717, 1.165) is 19.6 Å². The summed E-state index contributed by atoms with van der Waals surface area (Å²) in [5, 5.41) is 3.18. The van der Waals surface area contributed by atoms with Crippen molar-refractivity contribution >= 4 is 11.3 Å². The van der Waals surface area contributed by atoms with Crippen LogP contribution in [-0.2, 0) is 17.9 Å². The Balaban J connectivity index is 2.46. The van der Waals surface area contributed by atoms with E-state index in [9.17, 15) is 0 Å². The van der Waals surface area contributed by atoms with Crippen LogP contribution in [0, 0.1) is 6.92 Å². The standard InChI is InChI=1S/C13H23NOS/c1-5-6-10(2)15-9-12-7-13(8-14-4)16-11(12)3/h7,10,14H,5-6,8-9H2,1-4H3. The Morgan fingerprint density at radius 1 is 1.50 bits per heavy atom. The molecule has 0 aromatic carbocycles. The van der Waals surface area contributed by atoms with Crippen LogP contribution in [0.1, 0.15) is 42.0 Å². The monoisotopic (exact) mass is 241 g/mol. The van der Waals surface area contributed by atoms with E-state index in [1.807, 2.05) is 18.4 Å². The topological polar surface area (TPSA) is 21.3 Å². The lowest BCUT2D eigenvalue weighted by Crippen LogP contribution is -2.07. The molecule has 1 aromatic heterocycles. The fraction of sp³-hybridized carbons (Fsp3) is 0.692. The lowest BCUT2D eigenvalue weighted by Gasteiger charge is -2.11. The molecule has 0 aliphatic carbocycles. The lowest BCUT2D eigenvalue weighted by atomic mass is 10.2. The normalized spacial score (nSPS) is 13.0. The van der Waals surface area contributed by atoms with E-state index in [2.05, 4.69) is 32.2 Å². The molecule has 1 heterocycles. The molecule has 0 spiro atoms. The smallest absolute Gasteiger partial charge is 0.0731 e. The predicted octanol–water partition coefficient (Wildman–Crippen LogP) is 3.48. The van der Waals surface area contributed by atoms with E-state index < -0.39 is 0 Å². The molecule has 0 aliphatic heterocycles. The minimum atomic E-state index is 0.372. The van der Waals surface area contributed by atoms with Crippen LogP contribution in [0.2, 0.25) is 0 Å². The number of nitrogens with one attached hydrogen (secondary N) is 1. The highest BCUT2D eigenvalue weighted by molar-refractivity contribution is 7.12. The summed E-state index contributed by atoms with van der Waals surface area (Å²) in [5.41, 5.74) is 1.35. The van der Waals surface area contributed by atoms with Gasteiger partial charge in [0.05, 0.1) is 12.7 Å². The van der Waals surface area contributed by atoms with Gasteiger partial charge in [-0.2, -0.15) is 0 Å². The van der Waals surface area contributed by atoms with Gasteiger partial charge in [-0.25, -0.2) is 0 Å². The molecule has 2 nitrogen and oxygen atoms in total. The van der Waals surface area contributed by atoms with E-state index in [0.29, 0.717) is 6.10 Å². The minimum Gasteiger partial charge on any atom is -0.374 e. The van der Waals surface area contributed by atoms with Gasteiger partial charge in [0.15, 0.2) is 0 Å². The van der Waals surface area contributed by atoms with E-state index >= 15 is 0 Å². The second kappa shape index (κ2) is 7.05. The van der Waals surface area contributed by atoms with Gasteiger partial charge in [-0.15, -0.1) is 11.3 Å². The minimum absolute atomic E-state index is 0.372. The number of hydrogen-bond acceptors (Lipinski definition) is 3. The summed E-state index contributed by atoms with van der Waals surface area (Å²) in [6, 6.07) is 2.26. The van der Waals surface area contributed by atoms with Gasteiger partial charge in [-0.3, -0.25) is 0 Å². The maximum atomic E-state index is 5.83. The number of hydrogen-bond donors (Lipinski definition) is 1. The van der Waals surface area contributed by atoms with Crippen LogP contribution >= 0.6 is 11.3 Å². The van der Waals surface area contributed by atoms with Crippen LogP contribution in [-0.4, -0.2) is 13.2 Å². The number of thiophene rings is 1. The number of ether oxygens (including phenoxy) is 1. The first-order valence-corrected chi connectivity index (χ1v) is 6.83. The Kier molecular flexibility index (Phi) is 6.03. The van der Waals surface area contributed by atoms with Gasteiger partial charge in [0.1, 0.15) is 0 Å². The van der Waals surface area contributed by atoms with Crippen molar-refractivity contribution in [2.75, 3.05) is 7.05 Å². The zero-order valence-corrected chi connectivity index (χ0v) is 11.6. The first-order chi connectivity index (χ1) is 7.67. The molecule has 1 N–H and O–H groups in total. The highest BCUT2D eigenvalue weighted by Gasteiger charge is 2.07. The summed E-state index contributed by atoms with van der Waals surface area (Å²) < 4.78 is 5.83. The van der Waals surface area contributed by atoms with E-state index in [4.69, 9.17) is 4.74 Å². The van der Waals surface area contributed by atoms with E-state index in [-0.39, 0.29) is 0 Å². The number of aryl methyl sites for hydroxylation is 1. The van der Waals surface area contributed by atoms with Crippen molar-refractivity contribution in [2.45, 2.75) is 52.9 Å². The van der Waals surface area contributed by atoms with Crippen molar-refractivity contribution in [2.24, 2.45) is 0 Å². The Bertz CT molecular complexity index is 309. The van der Waals surface area contributed by atoms with Gasteiger partial charge in [0.2, 0.25) is 0 Å². The van der Waals surface area contributed by atoms with E-state index in [1.165, 1.54) is 21.7 Å². The van der Waals surface area contributed by atoms with E-state index in [1.54, 1.807) is 0 Å². The summed E-state index contributed by atoms with van der Waals surface area (Å²) in [6.07, 6.45) is 2.71. The van der Waals surface area contributed by atoms with Crippen molar-refractivity contribution in [1.82, 2.24) is 5.32 Å². The van der Waals surface area contributed by atoms with Gasteiger partial charge in [-0.05, 0) is 38.9 Å². The molecular formula is C13H23NOS. The van der Waals surface area contributed by atoms with Crippen LogP contribution in [0.25, 0.3) is 0 Å². The molecule has 0 aliphatic rings. The van der Waals surface area contributed by atoms with Crippen molar-refractivity contribution in [3.8, 4) is 0 Å². The molecule has 1 atom stereocenters. The molecule has 0 fully saturated rings. The van der Waals surface area contributed by atoms with Gasteiger partial charge in [0, 0.05) is 16.3 Å². The second-order valence-electron chi connectivity index (χ2n) is 4.23. The van der Waals surface area contributed by atoms with Gasteiger partial charge in [-0.1, -0.05) is 13.3 Å². The Morgan fingerprint density at radius 2 is 2.25 bits per heavy atom. The van der Waals surface area contributed by atoms with Crippen molar-refractivity contribution < 1.29 is 4.74 Å². The molecule has 1 rings (SSSR count). The molecule has 0 radical (unpaired) electrons. The third-order valence-electron chi connectivity index (χ3n) is 2.64. The lowest BCUT2D eigenvalue weighted by molar-refractivity contribution is 0.0471. The third-order valence-corrected chi connectivity index (χ3v) is 3.73. The maximum absolute atomic E-state index is 5.83. The summed E-state index contributed by atoms with van der Waals surface area (Å²) in [4.78, 5) is 2.77. The van der Waals surface area contributed by atoms with Gasteiger partial charge >= 0.3 is 0 Å². The SMILES string of the molecule is CCCC(C)OCc1cc(CNC)sc1C. The van der Waals surface area contributed by atoms with Crippen LogP contribution in [0.5, 0.6) is 0 Å². The summed E-state index contributed by atoms with van der Waals surface area (Å²) in [7, 11) is 1.98. The summed E-state index contributed by atoms with van der Waals surface area (Å²) in [6.45, 7) is 8.23. The Morgan fingerprint density at radius 3 is 2.88 bits per heavy atom. The Hall–Kier alpha value is -0.380. The predicted molar refractivity (Wildman–Crippen MR) is 71.0 cm³/mol. The highest BCUT2D eigenvalue weighted by atomic mass is 32.1. The van der Waals surface area contributed by atoms with Crippen LogP contribution in [0.15, 0.2) is 6.07 Å². The van der Waals surface area contributed by atoms with Crippen molar-refractivity contribution in [1.29, 1.82) is 0 Å². The largest absolute Gasteiger partial charge is 0.374 e. The summed E-state index contributed by atoms with van der Waals surface area (Å²) >= 11 is 1.86. The Labute approximate surface area is 103 Å². The van der Waals surface area contributed by atoms with Gasteiger partial charge < -0.3 is 10.1 Å². The third kappa shape index (κ3) is 4.24. The first kappa shape index (κ1) is 13.7. The van der Waals surface area contributed by atoms with Crippen molar-refractivity contribution in [3.05, 3.63) is 21.4 Å². The number of rotatable bonds is 7.